The zero-order valence-electron chi connectivity index (χ0n) is 15.4. The second-order valence-corrected chi connectivity index (χ2v) is 8.04. The molecule has 6 nitrogen and oxygen atoms in total. The molecule has 0 bridgehead atoms. The summed E-state index contributed by atoms with van der Waals surface area (Å²) in [5.74, 6) is 1.95. The van der Waals surface area contributed by atoms with Crippen molar-refractivity contribution in [1.29, 1.82) is 0 Å². The van der Waals surface area contributed by atoms with Gasteiger partial charge in [0.1, 0.15) is 18.0 Å². The maximum absolute atomic E-state index is 6.05. The molecule has 1 fully saturated rings. The van der Waals surface area contributed by atoms with Crippen LogP contribution in [-0.4, -0.2) is 37.5 Å². The standard InChI is InChI=1S/C19H23ClN6S/c1-27-19-25-24-17(26(19)14-5-2-3-6-14)7-4-10-21-18-15-9-8-13(20)11-16(15)22-12-23-18/h8-9,11-12,14H,2-7,10H2,1H3,(H,21,22,23). The lowest BCUT2D eigenvalue weighted by molar-refractivity contribution is 0.461. The van der Waals surface area contributed by atoms with Crippen molar-refractivity contribution in [3.63, 3.8) is 0 Å². The van der Waals surface area contributed by atoms with Crippen molar-refractivity contribution in [2.24, 2.45) is 0 Å². The van der Waals surface area contributed by atoms with Crippen molar-refractivity contribution in [2.75, 3.05) is 18.1 Å². The number of nitrogens with one attached hydrogen (secondary N) is 1. The minimum absolute atomic E-state index is 0.570. The van der Waals surface area contributed by atoms with Gasteiger partial charge < -0.3 is 9.88 Å². The van der Waals surface area contributed by atoms with E-state index in [4.69, 9.17) is 11.6 Å². The molecule has 0 atom stereocenters. The molecule has 2 aromatic heterocycles. The van der Waals surface area contributed by atoms with Gasteiger partial charge >= 0.3 is 0 Å². The first-order valence-corrected chi connectivity index (χ1v) is 11.0. The number of rotatable bonds is 7. The molecule has 0 unspecified atom stereocenters. The van der Waals surface area contributed by atoms with Gasteiger partial charge in [-0.1, -0.05) is 36.2 Å². The Kier molecular flexibility index (Phi) is 5.78. The Morgan fingerprint density at radius 1 is 1.22 bits per heavy atom. The van der Waals surface area contributed by atoms with Crippen LogP contribution >= 0.6 is 23.4 Å². The molecule has 4 rings (SSSR count). The third kappa shape index (κ3) is 4.04. The van der Waals surface area contributed by atoms with Crippen molar-refractivity contribution in [1.82, 2.24) is 24.7 Å². The van der Waals surface area contributed by atoms with Crippen LogP contribution in [0.15, 0.2) is 29.7 Å². The summed E-state index contributed by atoms with van der Waals surface area (Å²) in [6, 6.07) is 6.26. The Hall–Kier alpha value is -1.86. The molecule has 0 aliphatic heterocycles. The molecule has 8 heteroatoms. The molecule has 1 N–H and O–H groups in total. The number of benzene rings is 1. The molecule has 2 heterocycles. The third-order valence-electron chi connectivity index (χ3n) is 5.08. The van der Waals surface area contributed by atoms with Crippen LogP contribution in [0.1, 0.15) is 44.0 Å². The van der Waals surface area contributed by atoms with Gasteiger partial charge in [0.15, 0.2) is 5.16 Å². The number of fused-ring (bicyclic) bond motifs is 1. The van der Waals surface area contributed by atoms with Gasteiger partial charge in [-0.2, -0.15) is 0 Å². The largest absolute Gasteiger partial charge is 0.369 e. The van der Waals surface area contributed by atoms with E-state index in [2.05, 4.69) is 36.3 Å². The van der Waals surface area contributed by atoms with Crippen LogP contribution in [0.4, 0.5) is 5.82 Å². The van der Waals surface area contributed by atoms with Gasteiger partial charge in [-0.25, -0.2) is 9.97 Å². The smallest absolute Gasteiger partial charge is 0.191 e. The summed E-state index contributed by atoms with van der Waals surface area (Å²) in [5.41, 5.74) is 0.852. The van der Waals surface area contributed by atoms with E-state index in [1.807, 2.05) is 18.2 Å². The lowest BCUT2D eigenvalue weighted by atomic mass is 10.2. The van der Waals surface area contributed by atoms with Crippen LogP contribution in [0.3, 0.4) is 0 Å². The number of nitrogens with zero attached hydrogens (tertiary/aromatic N) is 5. The zero-order valence-corrected chi connectivity index (χ0v) is 16.9. The van der Waals surface area contributed by atoms with E-state index >= 15 is 0 Å². The van der Waals surface area contributed by atoms with Crippen molar-refractivity contribution in [3.05, 3.63) is 35.4 Å². The molecule has 1 aliphatic carbocycles. The highest BCUT2D eigenvalue weighted by Crippen LogP contribution is 2.33. The van der Waals surface area contributed by atoms with Crippen LogP contribution in [0.5, 0.6) is 0 Å². The van der Waals surface area contributed by atoms with Crippen LogP contribution < -0.4 is 5.32 Å². The molecule has 0 radical (unpaired) electrons. The van der Waals surface area contributed by atoms with Gasteiger partial charge in [-0.05, 0) is 43.7 Å². The van der Waals surface area contributed by atoms with Crippen molar-refractivity contribution in [3.8, 4) is 0 Å². The van der Waals surface area contributed by atoms with E-state index < -0.39 is 0 Å². The Labute approximate surface area is 168 Å². The Morgan fingerprint density at radius 2 is 2.07 bits per heavy atom. The van der Waals surface area contributed by atoms with E-state index in [0.717, 1.165) is 47.1 Å². The van der Waals surface area contributed by atoms with Gasteiger partial charge in [0.05, 0.1) is 5.52 Å². The quantitative estimate of drug-likeness (QED) is 0.454. The molecule has 0 spiro atoms. The average molecular weight is 403 g/mol. The number of hydrogen-bond donors (Lipinski definition) is 1. The first-order valence-electron chi connectivity index (χ1n) is 9.38. The zero-order chi connectivity index (χ0) is 18.6. The molecule has 3 aromatic rings. The summed E-state index contributed by atoms with van der Waals surface area (Å²) >= 11 is 7.74. The maximum Gasteiger partial charge on any atom is 0.191 e. The van der Waals surface area contributed by atoms with Crippen LogP contribution in [0.2, 0.25) is 5.02 Å². The topological polar surface area (TPSA) is 68.5 Å². The van der Waals surface area contributed by atoms with Crippen LogP contribution in [-0.2, 0) is 6.42 Å². The molecule has 1 aromatic carbocycles. The first kappa shape index (κ1) is 18.5. The fourth-order valence-electron chi connectivity index (χ4n) is 3.77. The fraction of sp³-hybridized carbons (Fsp3) is 0.474. The average Bonchev–Trinajstić information content (AvgIpc) is 3.34. The monoisotopic (exact) mass is 402 g/mol. The highest BCUT2D eigenvalue weighted by atomic mass is 35.5. The van der Waals surface area contributed by atoms with Gasteiger partial charge in [0.25, 0.3) is 0 Å². The number of aromatic nitrogens is 5. The maximum atomic E-state index is 6.05. The van der Waals surface area contributed by atoms with Crippen LogP contribution in [0, 0.1) is 0 Å². The Morgan fingerprint density at radius 3 is 2.89 bits per heavy atom. The highest BCUT2D eigenvalue weighted by Gasteiger charge is 2.23. The molecule has 1 saturated carbocycles. The SMILES string of the molecule is CSc1nnc(CCCNc2ncnc3cc(Cl)ccc23)n1C1CCCC1. The fourth-order valence-corrected chi connectivity index (χ4v) is 4.51. The van der Waals surface area contributed by atoms with Gasteiger partial charge in [0.2, 0.25) is 0 Å². The minimum Gasteiger partial charge on any atom is -0.369 e. The number of anilines is 1. The summed E-state index contributed by atoms with van der Waals surface area (Å²) in [6.07, 6.45) is 10.6. The predicted octanol–water partition coefficient (Wildman–Crippen LogP) is 4.76. The Balaban J connectivity index is 1.40. The summed E-state index contributed by atoms with van der Waals surface area (Å²) in [5, 5.41) is 15.0. The molecular weight excluding hydrogens is 380 g/mol. The van der Waals surface area contributed by atoms with Gasteiger partial charge in [-0.3, -0.25) is 0 Å². The molecule has 1 aliphatic rings. The van der Waals surface area contributed by atoms with E-state index in [1.165, 1.54) is 25.7 Å². The summed E-state index contributed by atoms with van der Waals surface area (Å²) in [7, 11) is 0. The summed E-state index contributed by atoms with van der Waals surface area (Å²) < 4.78 is 2.37. The molecule has 0 amide bonds. The number of aryl methyl sites for hydroxylation is 1. The molecule has 0 saturated heterocycles. The molecule has 27 heavy (non-hydrogen) atoms. The van der Waals surface area contributed by atoms with E-state index in [-0.39, 0.29) is 0 Å². The lowest BCUT2D eigenvalue weighted by Crippen LogP contribution is -2.12. The highest BCUT2D eigenvalue weighted by molar-refractivity contribution is 7.98. The van der Waals surface area contributed by atoms with Crippen molar-refractivity contribution >= 4 is 40.1 Å². The number of hydrogen-bond acceptors (Lipinski definition) is 6. The summed E-state index contributed by atoms with van der Waals surface area (Å²) in [6.45, 7) is 0.820. The number of thioether (sulfide) groups is 1. The van der Waals surface area contributed by atoms with E-state index in [1.54, 1.807) is 18.1 Å². The number of halogens is 1. The molecule has 142 valence electrons. The minimum atomic E-state index is 0.570. The Bertz CT molecular complexity index is 922. The summed E-state index contributed by atoms with van der Waals surface area (Å²) in [4.78, 5) is 8.66. The van der Waals surface area contributed by atoms with Crippen molar-refractivity contribution < 1.29 is 0 Å². The lowest BCUT2D eigenvalue weighted by Gasteiger charge is -2.16. The van der Waals surface area contributed by atoms with E-state index in [0.29, 0.717) is 11.1 Å². The predicted molar refractivity (Wildman–Crippen MR) is 111 cm³/mol. The van der Waals surface area contributed by atoms with Gasteiger partial charge in [0, 0.05) is 29.4 Å². The normalized spacial score (nSPS) is 14.9. The van der Waals surface area contributed by atoms with Gasteiger partial charge in [-0.15, -0.1) is 10.2 Å². The first-order chi connectivity index (χ1) is 13.3. The van der Waals surface area contributed by atoms with Crippen molar-refractivity contribution in [2.45, 2.75) is 49.7 Å². The third-order valence-corrected chi connectivity index (χ3v) is 5.95. The molecular formula is C19H23ClN6S. The second-order valence-electron chi connectivity index (χ2n) is 6.83. The second kappa shape index (κ2) is 8.44. The van der Waals surface area contributed by atoms with Crippen LogP contribution in [0.25, 0.3) is 10.9 Å². The van der Waals surface area contributed by atoms with E-state index in [9.17, 15) is 0 Å².